The Balaban J connectivity index is 0.000000111. The minimum absolute atomic E-state index is 0.486. The number of furan rings is 2. The average Bonchev–Trinajstić information content (AvgIpc) is 1.21. The van der Waals surface area contributed by atoms with Crippen molar-refractivity contribution in [1.29, 1.82) is 0 Å². The number of hydrogen-bond donors (Lipinski definition) is 2. The molecule has 0 saturated heterocycles. The normalized spacial score (nSPS) is 11.9. The summed E-state index contributed by atoms with van der Waals surface area (Å²) in [7, 11) is -1.46. The predicted octanol–water partition coefficient (Wildman–Crippen LogP) is 19.6. The second kappa shape index (κ2) is 21.2. The van der Waals surface area contributed by atoms with E-state index in [-0.39, 0.29) is 0 Å². The van der Waals surface area contributed by atoms with Gasteiger partial charge in [-0.15, -0.1) is 0 Å². The van der Waals surface area contributed by atoms with Crippen LogP contribution < -0.4 is 5.46 Å². The van der Waals surface area contributed by atoms with E-state index in [0.717, 1.165) is 110 Å². The van der Waals surface area contributed by atoms with Crippen LogP contribution in [-0.2, 0) is 0 Å². The van der Waals surface area contributed by atoms with Crippen molar-refractivity contribution in [2.45, 2.75) is 0 Å². The molecule has 10 nitrogen and oxygen atoms in total. The van der Waals surface area contributed by atoms with E-state index in [2.05, 4.69) is 203 Å². The number of nitrogens with zero attached hydrogens (tertiary/aromatic N) is 6. The van der Waals surface area contributed by atoms with Crippen LogP contribution in [0.3, 0.4) is 0 Å². The summed E-state index contributed by atoms with van der Waals surface area (Å²) in [5.74, 6) is 0. The molecule has 6 heterocycles. The highest BCUT2D eigenvalue weighted by Gasteiger charge is 2.21. The number of fused-ring (bicyclic) bond motifs is 24. The molecule has 0 fully saturated rings. The van der Waals surface area contributed by atoms with Crippen molar-refractivity contribution in [2.24, 2.45) is 0 Å². The zero-order chi connectivity index (χ0) is 61.1. The molecule has 0 aliphatic heterocycles. The third kappa shape index (κ3) is 8.52. The zero-order valence-electron chi connectivity index (χ0n) is 48.9. The van der Waals surface area contributed by atoms with Gasteiger partial charge in [-0.1, -0.05) is 212 Å². The van der Waals surface area contributed by atoms with Gasteiger partial charge in [0.1, 0.15) is 33.2 Å². The molecule has 0 aliphatic carbocycles. The van der Waals surface area contributed by atoms with Gasteiger partial charge in [-0.05, 0) is 117 Å². The maximum absolute atomic E-state index is 9.42. The van der Waals surface area contributed by atoms with Gasteiger partial charge in [-0.2, -0.15) is 0 Å². The van der Waals surface area contributed by atoms with Crippen molar-refractivity contribution in [3.8, 4) is 22.5 Å². The lowest BCUT2D eigenvalue weighted by Crippen LogP contribution is -2.29. The predicted molar refractivity (Wildman–Crippen MR) is 379 cm³/mol. The first-order chi connectivity index (χ1) is 45.4. The molecule has 0 bridgehead atoms. The second-order valence-electron chi connectivity index (χ2n) is 23.1. The molecule has 0 atom stereocenters. The van der Waals surface area contributed by atoms with Gasteiger partial charge in [-0.25, -0.2) is 19.9 Å². The summed E-state index contributed by atoms with van der Waals surface area (Å²) in [6.45, 7) is 0. The quantitative estimate of drug-likeness (QED) is 0.132. The molecule has 92 heavy (non-hydrogen) atoms. The molecule has 12 heteroatoms. The highest BCUT2D eigenvalue weighted by molar-refractivity contribution is 6.58. The Hall–Kier alpha value is -11.7. The summed E-state index contributed by atoms with van der Waals surface area (Å²) in [5, 5.41) is 35.3. The summed E-state index contributed by atoms with van der Waals surface area (Å²) in [4.78, 5) is 20.1. The monoisotopic (exact) mass is 1200 g/mol. The van der Waals surface area contributed by atoms with E-state index < -0.39 is 7.12 Å². The molecule has 0 amide bonds. The van der Waals surface area contributed by atoms with E-state index in [1.54, 1.807) is 6.07 Å². The third-order valence-corrected chi connectivity index (χ3v) is 18.1. The van der Waals surface area contributed by atoms with Crippen LogP contribution in [0.25, 0.3) is 176 Å². The summed E-state index contributed by atoms with van der Waals surface area (Å²) in [5.41, 5.74) is 17.0. The van der Waals surface area contributed by atoms with Gasteiger partial charge in [0.25, 0.3) is 0 Å². The second-order valence-corrected chi connectivity index (χ2v) is 23.6. The largest absolute Gasteiger partial charge is 0.488 e. The van der Waals surface area contributed by atoms with E-state index in [1.807, 2.05) is 78.9 Å². The van der Waals surface area contributed by atoms with E-state index >= 15 is 0 Å². The maximum Gasteiger partial charge on any atom is 0.488 e. The maximum atomic E-state index is 9.42. The summed E-state index contributed by atoms with van der Waals surface area (Å²) in [6, 6.07) is 95.2. The minimum Gasteiger partial charge on any atom is -0.436 e. The van der Waals surface area contributed by atoms with Gasteiger partial charge in [0.15, 0.2) is 0 Å². The molecule has 0 spiro atoms. The van der Waals surface area contributed by atoms with Crippen molar-refractivity contribution in [1.82, 2.24) is 29.1 Å². The third-order valence-electron chi connectivity index (χ3n) is 17.9. The van der Waals surface area contributed by atoms with Crippen molar-refractivity contribution in [3.05, 3.63) is 284 Å². The van der Waals surface area contributed by atoms with Crippen LogP contribution in [0, 0.1) is 0 Å². The molecule has 14 aromatic carbocycles. The Kier molecular flexibility index (Phi) is 12.3. The van der Waals surface area contributed by atoms with Crippen molar-refractivity contribution in [3.63, 3.8) is 0 Å². The fourth-order valence-electron chi connectivity index (χ4n) is 13.8. The van der Waals surface area contributed by atoms with Gasteiger partial charge in [0.2, 0.25) is 11.4 Å². The first kappa shape index (κ1) is 53.3. The smallest absolute Gasteiger partial charge is 0.436 e. The van der Waals surface area contributed by atoms with Crippen LogP contribution >= 0.6 is 11.6 Å². The van der Waals surface area contributed by atoms with Crippen LogP contribution in [0.5, 0.6) is 0 Å². The Morgan fingerprint density at radius 1 is 0.283 bits per heavy atom. The van der Waals surface area contributed by atoms with Crippen molar-refractivity contribution < 1.29 is 18.9 Å². The standard InChI is InChI=1S/C40H23N3O.C22H11ClN2O.C18H14BNO2/c1-3-16-31-27(12-1)28-13-2-4-17-32(28)38-37(31)41-39-33-23-25(20-21-36(33)44-40(39)42-38)24-10-9-11-26(22-24)43-34-18-7-5-14-29(34)30-15-6-8-19-35(30)43;23-12-9-10-18-17(11-12)21-22(26-18)25-20-16-8-4-2-6-14(16)13-5-1-3-7-15(13)19(20)24-21;21-19(22)13-6-5-7-14(12-13)20-17-10-3-1-8-15(17)16-9-2-4-11-18(16)20/h1-23H;1-11H;1-12,21-22H. The average molecular weight is 1200 g/mol. The molecule has 2 N–H and O–H groups in total. The lowest BCUT2D eigenvalue weighted by atomic mass is 9.80. The summed E-state index contributed by atoms with van der Waals surface area (Å²) in [6.07, 6.45) is 0. The first-order valence-corrected chi connectivity index (χ1v) is 30.8. The number of rotatable bonds is 4. The summed E-state index contributed by atoms with van der Waals surface area (Å²) < 4.78 is 16.8. The van der Waals surface area contributed by atoms with Crippen LogP contribution in [0.1, 0.15) is 0 Å². The Bertz CT molecular complexity index is 6320. The van der Waals surface area contributed by atoms with E-state index in [1.165, 1.54) is 54.1 Å². The van der Waals surface area contributed by atoms with Crippen LogP contribution in [0.15, 0.2) is 288 Å². The molecule has 6 aromatic heterocycles. The zero-order valence-corrected chi connectivity index (χ0v) is 49.7. The van der Waals surface area contributed by atoms with Gasteiger partial charge < -0.3 is 28.0 Å². The van der Waals surface area contributed by atoms with Crippen LogP contribution in [0.2, 0.25) is 5.02 Å². The van der Waals surface area contributed by atoms with Crippen molar-refractivity contribution in [2.75, 3.05) is 0 Å². The number of para-hydroxylation sites is 4. The Morgan fingerprint density at radius 3 is 1.07 bits per heavy atom. The number of halogens is 1. The van der Waals surface area contributed by atoms with Gasteiger partial charge in [0.05, 0.1) is 38.5 Å². The molecule has 0 aliphatic rings. The van der Waals surface area contributed by atoms with E-state index in [0.29, 0.717) is 21.9 Å². The summed E-state index contributed by atoms with van der Waals surface area (Å²) >= 11 is 6.18. The highest BCUT2D eigenvalue weighted by Crippen LogP contribution is 2.41. The van der Waals surface area contributed by atoms with E-state index in [9.17, 15) is 10.0 Å². The lowest BCUT2D eigenvalue weighted by molar-refractivity contribution is 0.425. The minimum atomic E-state index is -1.46. The highest BCUT2D eigenvalue weighted by atomic mass is 35.5. The molecule has 0 saturated carbocycles. The first-order valence-electron chi connectivity index (χ1n) is 30.4. The number of aromatic nitrogens is 6. The molecular formula is C80H48BClN6O4. The van der Waals surface area contributed by atoms with Crippen LogP contribution in [0.4, 0.5) is 0 Å². The fraction of sp³-hybridized carbons (Fsp3) is 0. The molecule has 0 radical (unpaired) electrons. The van der Waals surface area contributed by atoms with Gasteiger partial charge in [-0.3, -0.25) is 0 Å². The molecule has 20 rings (SSSR count). The van der Waals surface area contributed by atoms with Crippen molar-refractivity contribution >= 4 is 177 Å². The Morgan fingerprint density at radius 2 is 0.630 bits per heavy atom. The lowest BCUT2D eigenvalue weighted by Gasteiger charge is -2.10. The Labute approximate surface area is 528 Å². The van der Waals surface area contributed by atoms with Crippen LogP contribution in [-0.4, -0.2) is 46.2 Å². The molecular weight excluding hydrogens is 1160 g/mol. The van der Waals surface area contributed by atoms with Gasteiger partial charge in [0, 0.05) is 64.9 Å². The SMILES string of the molecule is Clc1ccc2oc3nc4c5ccccc5c5ccccc5c4nc3c2c1.OB(O)c1cccc(-n2c3ccccc3c3ccccc32)c1.c1cc(-c2ccc3oc4nc5c6ccccc6c6ccccc6c5nc4c3c2)cc(-n2c3ccccc3c3ccccc32)c1. The number of hydrogen-bond acceptors (Lipinski definition) is 8. The molecule has 0 unspecified atom stereocenters. The molecule has 432 valence electrons. The van der Waals surface area contributed by atoms with E-state index in [4.69, 9.17) is 40.4 Å². The topological polar surface area (TPSA) is 128 Å². The van der Waals surface area contributed by atoms with Gasteiger partial charge >= 0.3 is 7.12 Å². The number of benzene rings is 14. The fourth-order valence-corrected chi connectivity index (χ4v) is 14.0. The molecule has 20 aromatic rings.